The highest BCUT2D eigenvalue weighted by Gasteiger charge is 2.34. The third kappa shape index (κ3) is 37.8. The number of ether oxygens (including phenoxy) is 12. The Hall–Kier alpha value is -1.62. The fourth-order valence-corrected chi connectivity index (χ4v) is 5.28. The van der Waals surface area contributed by atoms with E-state index in [4.69, 9.17) is 78.6 Å². The molecule has 0 heterocycles. The molecule has 0 fully saturated rings. The fourth-order valence-electron chi connectivity index (χ4n) is 5.28. The predicted molar refractivity (Wildman–Crippen MR) is 237 cm³/mol. The first-order valence-electron chi connectivity index (χ1n) is 22.6. The average Bonchev–Trinajstić information content (AvgIpc) is 3.33. The summed E-state index contributed by atoms with van der Waals surface area (Å²) in [5.74, 6) is 5.78. The first-order chi connectivity index (χ1) is 32.4. The third-order valence-corrected chi connectivity index (χ3v) is 9.36. The highest BCUT2D eigenvalue weighted by Crippen LogP contribution is 2.11. The van der Waals surface area contributed by atoms with Crippen LogP contribution in [0.3, 0.4) is 0 Å². The number of nitrogens with two attached hydrogens (primary N) is 2. The van der Waals surface area contributed by atoms with E-state index in [9.17, 15) is 40.9 Å². The Bertz CT molecular complexity index is 1060. The van der Waals surface area contributed by atoms with Crippen LogP contribution in [0.5, 0.6) is 0 Å². The summed E-state index contributed by atoms with van der Waals surface area (Å²) in [7, 11) is 0. The zero-order valence-electron chi connectivity index (χ0n) is 39.3. The number of rotatable bonds is 52. The van der Waals surface area contributed by atoms with Crippen LogP contribution >= 0.6 is 0 Å². The van der Waals surface area contributed by atoms with E-state index < -0.39 is 75.1 Å². The minimum absolute atomic E-state index is 0.0280. The molecule has 0 saturated carbocycles. The molecule has 26 heteroatoms. The average molecular weight is 987 g/mol. The molecular formula is C41H86N4O22. The number of aliphatic hydroxyl groups is 10. The number of hydrogen-bond donors (Lipinski definition) is 12. The van der Waals surface area contributed by atoms with Gasteiger partial charge in [0.2, 0.25) is 0 Å². The van der Waals surface area contributed by atoms with Crippen molar-refractivity contribution in [2.75, 3.05) is 198 Å². The number of hydrogen-bond acceptors (Lipinski definition) is 26. The van der Waals surface area contributed by atoms with Gasteiger partial charge in [-0.2, -0.15) is 0 Å². The van der Waals surface area contributed by atoms with Gasteiger partial charge in [-0.3, -0.25) is 4.90 Å². The van der Waals surface area contributed by atoms with Gasteiger partial charge in [-0.1, -0.05) is 0 Å². The zero-order chi connectivity index (χ0) is 49.8. The van der Waals surface area contributed by atoms with Gasteiger partial charge in [0.05, 0.1) is 191 Å². The molecule has 0 unspecified atom stereocenters. The Morgan fingerprint density at radius 2 is 0.582 bits per heavy atom. The van der Waals surface area contributed by atoms with E-state index in [1.54, 1.807) is 0 Å². The third-order valence-electron chi connectivity index (χ3n) is 9.36. The molecule has 0 bridgehead atoms. The maximum absolute atomic E-state index is 10.4. The normalized spacial score (nSPS) is 16.0. The summed E-state index contributed by atoms with van der Waals surface area (Å²) in [6.07, 6.45) is -12.8. The molecule has 0 aliphatic rings. The van der Waals surface area contributed by atoms with Crippen molar-refractivity contribution >= 4 is 0 Å². The lowest BCUT2D eigenvalue weighted by molar-refractivity contribution is -0.131. The van der Waals surface area contributed by atoms with Gasteiger partial charge in [0, 0.05) is 31.5 Å². The Labute approximate surface area is 394 Å². The topological polar surface area (TPSA) is 372 Å². The smallest absolute Gasteiger partial charge is 0.111 e. The van der Waals surface area contributed by atoms with Gasteiger partial charge in [0.25, 0.3) is 0 Å². The quantitative estimate of drug-likeness (QED) is 0.0153. The molecule has 402 valence electrons. The van der Waals surface area contributed by atoms with Gasteiger partial charge >= 0.3 is 0 Å². The standard InChI is InChI=1S/C41H86N4O22/c1-33(28-42)45(43)3-5-57-7-9-59-11-13-61-15-17-63-19-21-65-23-25-67-27-26-66-24-22-64-20-18-62-16-14-60-12-10-58-8-6-56-4-2-44(29-34(48)38(52)40(54)36(50)31-46)30-35(49)39(53)41(55)37(51)32-47/h28,34-41,46-55H,2-27,29-32,42-43H2,1H3/t34-,35-,36+,37+,38+,39+,40+,41+/m0/s1. The van der Waals surface area contributed by atoms with E-state index >= 15 is 0 Å². The number of hydrazine groups is 1. The second-order valence-corrected chi connectivity index (χ2v) is 14.7. The van der Waals surface area contributed by atoms with Crippen molar-refractivity contribution in [1.82, 2.24) is 9.91 Å². The summed E-state index contributed by atoms with van der Waals surface area (Å²) in [4.78, 5) is 1.34. The zero-order valence-corrected chi connectivity index (χ0v) is 39.3. The van der Waals surface area contributed by atoms with Crippen molar-refractivity contribution in [3.8, 4) is 0 Å². The van der Waals surface area contributed by atoms with E-state index in [2.05, 4.69) is 0 Å². The van der Waals surface area contributed by atoms with Crippen molar-refractivity contribution in [2.24, 2.45) is 11.6 Å². The molecule has 8 atom stereocenters. The van der Waals surface area contributed by atoms with E-state index in [0.717, 1.165) is 5.70 Å². The van der Waals surface area contributed by atoms with Crippen LogP contribution in [-0.4, -0.2) is 308 Å². The Kier molecular flexibility index (Phi) is 45.6. The molecule has 67 heavy (non-hydrogen) atoms. The molecule has 0 aromatic rings. The fraction of sp³-hybridized carbons (Fsp3) is 0.951. The van der Waals surface area contributed by atoms with Crippen molar-refractivity contribution in [2.45, 2.75) is 55.8 Å². The second kappa shape index (κ2) is 46.7. The molecule has 0 aliphatic carbocycles. The summed E-state index contributed by atoms with van der Waals surface area (Å²) < 4.78 is 65.7. The van der Waals surface area contributed by atoms with Gasteiger partial charge < -0.3 is 119 Å². The summed E-state index contributed by atoms with van der Waals surface area (Å²) in [6.45, 7) is 9.35. The number of allylic oxidation sites excluding steroid dienone is 1. The molecule has 0 saturated heterocycles. The highest BCUT2D eigenvalue weighted by molar-refractivity contribution is 4.91. The number of aliphatic hydroxyl groups excluding tert-OH is 10. The molecule has 26 nitrogen and oxygen atoms in total. The summed E-state index contributed by atoms with van der Waals surface area (Å²) in [6, 6.07) is 0. The van der Waals surface area contributed by atoms with Gasteiger partial charge in [-0.25, -0.2) is 5.84 Å². The lowest BCUT2D eigenvalue weighted by Crippen LogP contribution is -2.53. The Morgan fingerprint density at radius 3 is 0.806 bits per heavy atom. The molecule has 0 aliphatic heterocycles. The van der Waals surface area contributed by atoms with Crippen LogP contribution in [0.4, 0.5) is 0 Å². The molecule has 0 aromatic carbocycles. The van der Waals surface area contributed by atoms with Crippen LogP contribution in [0, 0.1) is 0 Å². The number of nitrogens with zero attached hydrogens (tertiary/aromatic N) is 2. The van der Waals surface area contributed by atoms with Crippen molar-refractivity contribution in [3.63, 3.8) is 0 Å². The second-order valence-electron chi connectivity index (χ2n) is 14.7. The van der Waals surface area contributed by atoms with Crippen LogP contribution in [0.15, 0.2) is 11.9 Å². The van der Waals surface area contributed by atoms with Gasteiger partial charge in [0.1, 0.15) is 36.6 Å². The maximum atomic E-state index is 10.4. The molecular weight excluding hydrogens is 900 g/mol. The monoisotopic (exact) mass is 987 g/mol. The lowest BCUT2D eigenvalue weighted by Gasteiger charge is -2.33. The molecule has 0 rings (SSSR count). The van der Waals surface area contributed by atoms with E-state index in [1.165, 1.54) is 16.1 Å². The van der Waals surface area contributed by atoms with Crippen molar-refractivity contribution < 1.29 is 108 Å². The highest BCUT2D eigenvalue weighted by atomic mass is 16.6. The first-order valence-corrected chi connectivity index (χ1v) is 22.6. The van der Waals surface area contributed by atoms with Crippen LogP contribution < -0.4 is 11.6 Å². The molecule has 0 amide bonds. The van der Waals surface area contributed by atoms with Crippen LogP contribution in [0.25, 0.3) is 0 Å². The van der Waals surface area contributed by atoms with Gasteiger partial charge in [-0.15, -0.1) is 0 Å². The lowest BCUT2D eigenvalue weighted by atomic mass is 10.0. The minimum Gasteiger partial charge on any atom is -0.403 e. The maximum Gasteiger partial charge on any atom is 0.111 e. The van der Waals surface area contributed by atoms with Crippen LogP contribution in [0.1, 0.15) is 6.92 Å². The largest absolute Gasteiger partial charge is 0.403 e. The summed E-state index contributed by atoms with van der Waals surface area (Å²) >= 11 is 0. The Morgan fingerprint density at radius 1 is 0.373 bits per heavy atom. The molecule has 14 N–H and O–H groups in total. The van der Waals surface area contributed by atoms with E-state index in [1.807, 2.05) is 6.92 Å². The van der Waals surface area contributed by atoms with Crippen LogP contribution in [-0.2, 0) is 56.8 Å². The Balaban J connectivity index is 3.64. The van der Waals surface area contributed by atoms with Crippen molar-refractivity contribution in [1.29, 1.82) is 0 Å². The predicted octanol–water partition coefficient (Wildman–Crippen LogP) is -6.64. The molecule has 0 spiro atoms. The van der Waals surface area contributed by atoms with Gasteiger partial charge in [-0.05, 0) is 6.92 Å². The molecule has 0 radical (unpaired) electrons. The first kappa shape index (κ1) is 65.4. The van der Waals surface area contributed by atoms with E-state index in [-0.39, 0.29) is 26.4 Å². The van der Waals surface area contributed by atoms with Gasteiger partial charge in [0.15, 0.2) is 0 Å². The van der Waals surface area contributed by atoms with Crippen molar-refractivity contribution in [3.05, 3.63) is 11.9 Å². The minimum atomic E-state index is -1.88. The summed E-state index contributed by atoms with van der Waals surface area (Å²) in [5, 5.41) is 99.8. The SMILES string of the molecule is CC(=CN)N(N)CCOCCOCCOCCOCCOCCOCCOCCOCCOCCOCCOCCOCCN(C[C@H](O)[C@@H](O)[C@H](O)[C@H](O)CO)C[C@H](O)[C@@H](O)[C@H](O)[C@H](O)CO. The molecule has 0 aromatic heterocycles. The van der Waals surface area contributed by atoms with Crippen LogP contribution in [0.2, 0.25) is 0 Å². The summed E-state index contributed by atoms with van der Waals surface area (Å²) in [5.41, 5.74) is 6.19. The van der Waals surface area contributed by atoms with E-state index in [0.29, 0.717) is 145 Å².